The van der Waals surface area contributed by atoms with Crippen LogP contribution in [0, 0.1) is 5.82 Å². The molecule has 7 heteroatoms. The highest BCUT2D eigenvalue weighted by Gasteiger charge is 2.22. The molecule has 1 amide bonds. The van der Waals surface area contributed by atoms with Crippen LogP contribution >= 0.6 is 23.7 Å². The van der Waals surface area contributed by atoms with Crippen molar-refractivity contribution in [3.05, 3.63) is 34.5 Å². The van der Waals surface area contributed by atoms with Gasteiger partial charge in [-0.1, -0.05) is 6.07 Å². The van der Waals surface area contributed by atoms with Crippen molar-refractivity contribution in [1.82, 2.24) is 10.6 Å². The molecule has 0 radical (unpaired) electrons. The highest BCUT2D eigenvalue weighted by molar-refractivity contribution is 7.21. The minimum Gasteiger partial charge on any atom is -0.380 e. The van der Waals surface area contributed by atoms with Crippen molar-refractivity contribution >= 4 is 39.7 Å². The van der Waals surface area contributed by atoms with Gasteiger partial charge in [-0.25, -0.2) is 4.39 Å². The lowest BCUT2D eigenvalue weighted by Crippen LogP contribution is -2.37. The first kappa shape index (κ1) is 18.1. The molecule has 0 spiro atoms. The van der Waals surface area contributed by atoms with E-state index in [-0.39, 0.29) is 30.7 Å². The Bertz CT molecular complexity index is 686. The summed E-state index contributed by atoms with van der Waals surface area (Å²) in [6.45, 7) is 1.83. The second-order valence-corrected chi connectivity index (χ2v) is 6.51. The molecule has 3 rings (SSSR count). The van der Waals surface area contributed by atoms with Gasteiger partial charge >= 0.3 is 0 Å². The van der Waals surface area contributed by atoms with Gasteiger partial charge in [0.05, 0.1) is 11.5 Å². The summed E-state index contributed by atoms with van der Waals surface area (Å²) in [7, 11) is 1.55. The van der Waals surface area contributed by atoms with Gasteiger partial charge in [0, 0.05) is 35.3 Å². The SMILES string of the molecule is COCc1c(C(=O)NCC2CCCN2)sc2cccc(F)c12.Cl. The van der Waals surface area contributed by atoms with E-state index < -0.39 is 0 Å². The minimum absolute atomic E-state index is 0. The monoisotopic (exact) mass is 358 g/mol. The second-order valence-electron chi connectivity index (χ2n) is 5.46. The zero-order valence-corrected chi connectivity index (χ0v) is 14.5. The molecule has 2 heterocycles. The van der Waals surface area contributed by atoms with E-state index in [2.05, 4.69) is 10.6 Å². The Morgan fingerprint density at radius 2 is 2.35 bits per heavy atom. The van der Waals surface area contributed by atoms with Crippen LogP contribution in [0.2, 0.25) is 0 Å². The minimum atomic E-state index is -0.308. The van der Waals surface area contributed by atoms with Gasteiger partial charge in [-0.05, 0) is 31.5 Å². The maximum Gasteiger partial charge on any atom is 0.261 e. The molecule has 0 aliphatic carbocycles. The molecule has 23 heavy (non-hydrogen) atoms. The molecule has 1 unspecified atom stereocenters. The van der Waals surface area contributed by atoms with Crippen LogP contribution in [0.5, 0.6) is 0 Å². The largest absolute Gasteiger partial charge is 0.380 e. The van der Waals surface area contributed by atoms with E-state index in [4.69, 9.17) is 4.74 Å². The third-order valence-corrected chi connectivity index (χ3v) is 5.13. The molecule has 1 aliphatic heterocycles. The van der Waals surface area contributed by atoms with E-state index in [9.17, 15) is 9.18 Å². The number of methoxy groups -OCH3 is 1. The second kappa shape index (κ2) is 8.06. The van der Waals surface area contributed by atoms with Crippen LogP contribution in [0.3, 0.4) is 0 Å². The average Bonchev–Trinajstić information content (AvgIpc) is 3.14. The number of nitrogens with one attached hydrogen (secondary N) is 2. The molecule has 1 aromatic carbocycles. The molecule has 1 aromatic heterocycles. The Kier molecular flexibility index (Phi) is 6.35. The Morgan fingerprint density at radius 3 is 3.04 bits per heavy atom. The van der Waals surface area contributed by atoms with Crippen molar-refractivity contribution in [2.75, 3.05) is 20.2 Å². The quantitative estimate of drug-likeness (QED) is 0.863. The van der Waals surface area contributed by atoms with E-state index in [0.29, 0.717) is 28.4 Å². The number of fused-ring (bicyclic) bond motifs is 1. The molecule has 1 saturated heterocycles. The summed E-state index contributed by atoms with van der Waals surface area (Å²) in [4.78, 5) is 13.0. The fourth-order valence-electron chi connectivity index (χ4n) is 2.86. The van der Waals surface area contributed by atoms with Crippen molar-refractivity contribution in [3.63, 3.8) is 0 Å². The summed E-state index contributed by atoms with van der Waals surface area (Å²) in [5, 5.41) is 6.79. The van der Waals surface area contributed by atoms with Crippen LogP contribution in [0.25, 0.3) is 10.1 Å². The van der Waals surface area contributed by atoms with Gasteiger partial charge in [0.15, 0.2) is 0 Å². The molecular formula is C16H20ClFN2O2S. The van der Waals surface area contributed by atoms with Gasteiger partial charge in [0.2, 0.25) is 0 Å². The molecule has 0 bridgehead atoms. The Labute approximate surface area is 144 Å². The summed E-state index contributed by atoms with van der Waals surface area (Å²) < 4.78 is 20.0. The number of carbonyl (C=O) groups excluding carboxylic acids is 1. The van der Waals surface area contributed by atoms with E-state index >= 15 is 0 Å². The molecule has 126 valence electrons. The van der Waals surface area contributed by atoms with Crippen molar-refractivity contribution in [2.45, 2.75) is 25.5 Å². The van der Waals surface area contributed by atoms with Gasteiger partial charge in [0.1, 0.15) is 5.82 Å². The molecule has 2 aromatic rings. The van der Waals surface area contributed by atoms with Crippen LogP contribution in [-0.2, 0) is 11.3 Å². The standard InChI is InChI=1S/C16H19FN2O2S.ClH/c1-21-9-11-14-12(17)5-2-6-13(14)22-15(11)16(20)19-8-10-4-3-7-18-10;/h2,5-6,10,18H,3-4,7-9H2,1H3,(H,19,20);1H. The maximum absolute atomic E-state index is 14.1. The normalized spacial score (nSPS) is 17.2. The van der Waals surface area contributed by atoms with Gasteiger partial charge in [-0.15, -0.1) is 23.7 Å². The van der Waals surface area contributed by atoms with Crippen molar-refractivity contribution in [3.8, 4) is 0 Å². The van der Waals surface area contributed by atoms with E-state index in [1.165, 1.54) is 17.4 Å². The highest BCUT2D eigenvalue weighted by atomic mass is 35.5. The highest BCUT2D eigenvalue weighted by Crippen LogP contribution is 2.33. The van der Waals surface area contributed by atoms with Gasteiger partial charge in [0.25, 0.3) is 5.91 Å². The van der Waals surface area contributed by atoms with Gasteiger partial charge in [-0.3, -0.25) is 4.79 Å². The van der Waals surface area contributed by atoms with E-state index in [0.717, 1.165) is 24.1 Å². The summed E-state index contributed by atoms with van der Waals surface area (Å²) in [6.07, 6.45) is 2.22. The van der Waals surface area contributed by atoms with Crippen LogP contribution in [0.4, 0.5) is 4.39 Å². The molecular weight excluding hydrogens is 339 g/mol. The number of benzene rings is 1. The summed E-state index contributed by atoms with van der Waals surface area (Å²) in [6, 6.07) is 5.24. The zero-order valence-electron chi connectivity index (χ0n) is 12.9. The number of hydrogen-bond acceptors (Lipinski definition) is 4. The summed E-state index contributed by atoms with van der Waals surface area (Å²) in [5.74, 6) is -0.460. The summed E-state index contributed by atoms with van der Waals surface area (Å²) in [5.41, 5.74) is 0.637. The Morgan fingerprint density at radius 1 is 1.52 bits per heavy atom. The third kappa shape index (κ3) is 3.83. The lowest BCUT2D eigenvalue weighted by atomic mass is 10.1. The number of ether oxygens (including phenoxy) is 1. The summed E-state index contributed by atoms with van der Waals surface area (Å²) >= 11 is 1.32. The van der Waals surface area contributed by atoms with Gasteiger partial charge < -0.3 is 15.4 Å². The smallest absolute Gasteiger partial charge is 0.261 e. The number of hydrogen-bond donors (Lipinski definition) is 2. The van der Waals surface area contributed by atoms with Gasteiger partial charge in [-0.2, -0.15) is 0 Å². The third-order valence-electron chi connectivity index (χ3n) is 3.93. The molecule has 0 saturated carbocycles. The van der Waals surface area contributed by atoms with Crippen LogP contribution in [-0.4, -0.2) is 32.1 Å². The predicted molar refractivity (Wildman–Crippen MR) is 93.1 cm³/mol. The van der Waals surface area contributed by atoms with Crippen molar-refractivity contribution < 1.29 is 13.9 Å². The van der Waals surface area contributed by atoms with Crippen molar-refractivity contribution in [1.29, 1.82) is 0 Å². The van der Waals surface area contributed by atoms with Crippen LogP contribution in [0.1, 0.15) is 28.1 Å². The molecule has 1 aliphatic rings. The fraction of sp³-hybridized carbons (Fsp3) is 0.438. The van der Waals surface area contributed by atoms with Crippen LogP contribution in [0.15, 0.2) is 18.2 Å². The first-order valence-electron chi connectivity index (χ1n) is 7.41. The molecule has 4 nitrogen and oxygen atoms in total. The maximum atomic E-state index is 14.1. The Hall–Kier alpha value is -1.21. The first-order chi connectivity index (χ1) is 10.7. The average molecular weight is 359 g/mol. The molecule has 1 atom stereocenters. The topological polar surface area (TPSA) is 50.4 Å². The van der Waals surface area contributed by atoms with E-state index in [1.54, 1.807) is 13.2 Å². The first-order valence-corrected chi connectivity index (χ1v) is 8.22. The molecule has 2 N–H and O–H groups in total. The number of rotatable bonds is 5. The number of thiophene rings is 1. The fourth-order valence-corrected chi connectivity index (χ4v) is 4.00. The Balaban J connectivity index is 0.00000192. The van der Waals surface area contributed by atoms with E-state index in [1.807, 2.05) is 6.07 Å². The molecule has 1 fully saturated rings. The lowest BCUT2D eigenvalue weighted by molar-refractivity contribution is 0.0950. The predicted octanol–water partition coefficient (Wildman–Crippen LogP) is 3.09. The number of amides is 1. The van der Waals surface area contributed by atoms with Crippen LogP contribution < -0.4 is 10.6 Å². The lowest BCUT2D eigenvalue weighted by Gasteiger charge is -2.11. The van der Waals surface area contributed by atoms with Crippen molar-refractivity contribution in [2.24, 2.45) is 0 Å². The number of carbonyl (C=O) groups is 1. The zero-order chi connectivity index (χ0) is 15.5. The number of halogens is 2.